The molecule has 0 aromatic heterocycles. The van der Waals surface area contributed by atoms with Gasteiger partial charge in [0, 0.05) is 6.26 Å². The van der Waals surface area contributed by atoms with Crippen molar-refractivity contribution in [2.45, 2.75) is 78.9 Å². The third-order valence-corrected chi connectivity index (χ3v) is 7.47. The lowest BCUT2D eigenvalue weighted by Crippen LogP contribution is -2.42. The molecule has 1 saturated heterocycles. The number of esters is 3. The van der Waals surface area contributed by atoms with E-state index in [1.807, 2.05) is 0 Å². The monoisotopic (exact) mass is 573 g/mol. The quantitative estimate of drug-likeness (QED) is 0.170. The Hall–Kier alpha value is -1.57. The van der Waals surface area contributed by atoms with Gasteiger partial charge in [-0.3, -0.25) is 23.4 Å². The third kappa shape index (κ3) is 12.2. The van der Waals surface area contributed by atoms with Gasteiger partial charge in [0.1, 0.15) is 22.0 Å². The fourth-order valence-corrected chi connectivity index (χ4v) is 4.80. The molecule has 1 N–H and O–H groups in total. The van der Waals surface area contributed by atoms with Crippen LogP contribution < -0.4 is 5.09 Å². The van der Waals surface area contributed by atoms with Gasteiger partial charge in [-0.1, -0.05) is 27.7 Å². The number of ether oxygens (including phenoxy) is 4. The van der Waals surface area contributed by atoms with Crippen molar-refractivity contribution in [3.63, 3.8) is 0 Å². The smallest absolute Gasteiger partial charge is 0.406 e. The fourth-order valence-electron chi connectivity index (χ4n) is 2.82. The van der Waals surface area contributed by atoms with Crippen molar-refractivity contribution in [3.8, 4) is 0 Å². The second-order valence-electron chi connectivity index (χ2n) is 9.65. The summed E-state index contributed by atoms with van der Waals surface area (Å²) in [5.41, 5.74) is 0. The first-order chi connectivity index (χ1) is 16.9. The summed E-state index contributed by atoms with van der Waals surface area (Å²) >= 11 is 0. The maximum Gasteiger partial charge on any atom is 0.406 e. The number of sulfone groups is 1. The van der Waals surface area contributed by atoms with E-state index in [4.69, 9.17) is 28.0 Å². The molecule has 0 aromatic carbocycles. The Bertz CT molecular complexity index is 936. The predicted molar refractivity (Wildman–Crippen MR) is 132 cm³/mol. The molecule has 1 aliphatic rings. The van der Waals surface area contributed by atoms with E-state index in [-0.39, 0.29) is 6.61 Å². The second-order valence-corrected chi connectivity index (χ2v) is 13.7. The summed E-state index contributed by atoms with van der Waals surface area (Å²) in [6.45, 7) is 10.2. The minimum absolute atomic E-state index is 0.105. The standard InChI is InChI=1S/C22H40NO12PS/c1-13(2)20(24)34-18-11-30-17(19(18)35-21(25)14(3)4)12-32-36(27,31-9-10-37(8,28)29)23-16(7)22(26)33-15(5)6/h13-19H,9-12H2,1-8H3,(H,23,27)/t16-,17?,18?,19?,36?/m0/s1. The summed E-state index contributed by atoms with van der Waals surface area (Å²) in [7, 11) is -7.74. The molecule has 1 heterocycles. The molecule has 4 unspecified atom stereocenters. The number of nitrogens with one attached hydrogen (secondary N) is 1. The predicted octanol–water partition coefficient (Wildman–Crippen LogP) is 1.64. The molecule has 0 radical (unpaired) electrons. The van der Waals surface area contributed by atoms with Crippen LogP contribution in [0.1, 0.15) is 48.5 Å². The second kappa shape index (κ2) is 14.5. The Labute approximate surface area is 218 Å². The van der Waals surface area contributed by atoms with E-state index in [9.17, 15) is 27.4 Å². The summed E-state index contributed by atoms with van der Waals surface area (Å²) in [5.74, 6) is -3.18. The lowest BCUT2D eigenvalue weighted by molar-refractivity contribution is -0.170. The molecule has 0 aromatic rings. The molecule has 0 spiro atoms. The van der Waals surface area contributed by atoms with Gasteiger partial charge in [-0.2, -0.15) is 0 Å². The van der Waals surface area contributed by atoms with E-state index in [1.165, 1.54) is 6.92 Å². The topological polar surface area (TPSA) is 170 Å². The lowest BCUT2D eigenvalue weighted by Gasteiger charge is -2.27. The molecule has 5 atom stereocenters. The molecule has 13 nitrogen and oxygen atoms in total. The zero-order valence-electron chi connectivity index (χ0n) is 22.6. The zero-order valence-corrected chi connectivity index (χ0v) is 24.3. The van der Waals surface area contributed by atoms with Crippen LogP contribution >= 0.6 is 7.75 Å². The van der Waals surface area contributed by atoms with Crippen molar-refractivity contribution >= 4 is 35.5 Å². The van der Waals surface area contributed by atoms with Gasteiger partial charge in [0.25, 0.3) is 0 Å². The van der Waals surface area contributed by atoms with Crippen LogP contribution in [0.25, 0.3) is 0 Å². The zero-order chi connectivity index (χ0) is 28.6. The molecule has 0 aliphatic carbocycles. The molecule has 0 amide bonds. The van der Waals surface area contributed by atoms with Crippen LogP contribution in [0.2, 0.25) is 0 Å². The molecule has 0 bridgehead atoms. The largest absolute Gasteiger partial charge is 0.462 e. The Morgan fingerprint density at radius 2 is 1.51 bits per heavy atom. The average molecular weight is 574 g/mol. The number of carbonyl (C=O) groups excluding carboxylic acids is 3. The van der Waals surface area contributed by atoms with Crippen LogP contribution in [0.3, 0.4) is 0 Å². The highest BCUT2D eigenvalue weighted by Gasteiger charge is 2.45. The van der Waals surface area contributed by atoms with Crippen molar-refractivity contribution in [2.75, 3.05) is 31.8 Å². The molecular formula is C22H40NO12PS. The van der Waals surface area contributed by atoms with Gasteiger partial charge < -0.3 is 18.9 Å². The van der Waals surface area contributed by atoms with Gasteiger partial charge in [-0.15, -0.1) is 0 Å². The number of rotatable bonds is 15. The Balaban J connectivity index is 3.05. The van der Waals surface area contributed by atoms with Gasteiger partial charge >= 0.3 is 25.7 Å². The minimum atomic E-state index is -4.30. The molecule has 1 aliphatic heterocycles. The molecule has 1 fully saturated rings. The average Bonchev–Trinajstić information content (AvgIpc) is 3.11. The number of hydrogen-bond acceptors (Lipinski definition) is 12. The van der Waals surface area contributed by atoms with Crippen LogP contribution in [0.4, 0.5) is 0 Å². The summed E-state index contributed by atoms with van der Waals surface area (Å²) < 4.78 is 68.8. The van der Waals surface area contributed by atoms with E-state index in [0.717, 1.165) is 6.26 Å². The minimum Gasteiger partial charge on any atom is -0.462 e. The number of carbonyl (C=O) groups is 3. The van der Waals surface area contributed by atoms with Gasteiger partial charge in [-0.05, 0) is 20.8 Å². The third-order valence-electron chi connectivity index (χ3n) is 4.85. The first-order valence-corrected chi connectivity index (χ1v) is 15.6. The first kappa shape index (κ1) is 33.5. The van der Waals surface area contributed by atoms with Crippen LogP contribution in [0.15, 0.2) is 0 Å². The molecular weight excluding hydrogens is 533 g/mol. The van der Waals surface area contributed by atoms with Crippen molar-refractivity contribution in [1.82, 2.24) is 5.09 Å². The van der Waals surface area contributed by atoms with Crippen LogP contribution in [-0.2, 0) is 56.8 Å². The SMILES string of the molecule is CC(C)OC(=O)[C@H](C)NP(=O)(OCCS(C)(=O)=O)OCC1OCC(OC(=O)C(C)C)C1OC(=O)C(C)C. The summed E-state index contributed by atoms with van der Waals surface area (Å²) in [5, 5.41) is 2.43. The Morgan fingerprint density at radius 1 is 0.946 bits per heavy atom. The Morgan fingerprint density at radius 3 is 2.03 bits per heavy atom. The summed E-state index contributed by atoms with van der Waals surface area (Å²) in [6.07, 6.45) is -2.44. The van der Waals surface area contributed by atoms with Crippen LogP contribution in [0.5, 0.6) is 0 Å². The van der Waals surface area contributed by atoms with Gasteiger partial charge in [0.2, 0.25) is 0 Å². The first-order valence-electron chi connectivity index (χ1n) is 12.0. The summed E-state index contributed by atoms with van der Waals surface area (Å²) in [6, 6.07) is -1.13. The van der Waals surface area contributed by atoms with Gasteiger partial charge in [-0.25, -0.2) is 18.1 Å². The van der Waals surface area contributed by atoms with Crippen molar-refractivity contribution in [3.05, 3.63) is 0 Å². The highest BCUT2D eigenvalue weighted by molar-refractivity contribution is 7.90. The van der Waals surface area contributed by atoms with E-state index >= 15 is 0 Å². The van der Waals surface area contributed by atoms with Crippen molar-refractivity contribution < 1.29 is 55.4 Å². The molecule has 37 heavy (non-hydrogen) atoms. The van der Waals surface area contributed by atoms with Crippen LogP contribution in [0, 0.1) is 11.8 Å². The van der Waals surface area contributed by atoms with Crippen molar-refractivity contribution in [2.24, 2.45) is 11.8 Å². The van der Waals surface area contributed by atoms with E-state index in [1.54, 1.807) is 41.5 Å². The normalized spacial score (nSPS) is 22.6. The van der Waals surface area contributed by atoms with Crippen LogP contribution in [-0.4, -0.2) is 88.6 Å². The number of hydrogen-bond donors (Lipinski definition) is 1. The Kier molecular flexibility index (Phi) is 13.2. The molecule has 0 saturated carbocycles. The maximum absolute atomic E-state index is 13.4. The van der Waals surface area contributed by atoms with E-state index in [0.29, 0.717) is 0 Å². The van der Waals surface area contributed by atoms with E-state index in [2.05, 4.69) is 5.09 Å². The van der Waals surface area contributed by atoms with Crippen molar-refractivity contribution in [1.29, 1.82) is 0 Å². The van der Waals surface area contributed by atoms with Gasteiger partial charge in [0.05, 0.1) is 43.5 Å². The maximum atomic E-state index is 13.4. The summed E-state index contributed by atoms with van der Waals surface area (Å²) in [4.78, 5) is 36.6. The van der Waals surface area contributed by atoms with E-state index < -0.39 is 96.8 Å². The molecule has 15 heteroatoms. The fraction of sp³-hybridized carbons (Fsp3) is 0.864. The lowest BCUT2D eigenvalue weighted by atomic mass is 10.1. The molecule has 1 rings (SSSR count). The highest BCUT2D eigenvalue weighted by atomic mass is 32.2. The van der Waals surface area contributed by atoms with Gasteiger partial charge in [0.15, 0.2) is 12.2 Å². The molecule has 216 valence electrons. The highest BCUT2D eigenvalue weighted by Crippen LogP contribution is 2.45.